The predicted octanol–water partition coefficient (Wildman–Crippen LogP) is 2.90. The lowest BCUT2D eigenvalue weighted by Crippen LogP contribution is -2.52. The second kappa shape index (κ2) is 9.47. The number of hydrogen-bond acceptors (Lipinski definition) is 6. The fraction of sp³-hybridized carbons (Fsp3) is 0.476. The van der Waals surface area contributed by atoms with E-state index in [4.69, 9.17) is 4.74 Å². The van der Waals surface area contributed by atoms with Crippen molar-refractivity contribution in [1.82, 2.24) is 9.88 Å². The van der Waals surface area contributed by atoms with Gasteiger partial charge in [0.1, 0.15) is 12.7 Å². The zero-order valence-electron chi connectivity index (χ0n) is 16.9. The van der Waals surface area contributed by atoms with E-state index in [0.29, 0.717) is 24.6 Å². The van der Waals surface area contributed by atoms with Gasteiger partial charge in [-0.2, -0.15) is 0 Å². The first kappa shape index (κ1) is 21.4. The summed E-state index contributed by atoms with van der Waals surface area (Å²) >= 11 is 1.50. The number of amides is 2. The summed E-state index contributed by atoms with van der Waals surface area (Å²) in [5, 5.41) is 12.9. The van der Waals surface area contributed by atoms with Gasteiger partial charge in [-0.15, -0.1) is 11.3 Å². The third-order valence-corrected chi connectivity index (χ3v) is 5.84. The number of aliphatic hydroxyl groups excluding tert-OH is 1. The van der Waals surface area contributed by atoms with E-state index in [1.807, 2.05) is 45.0 Å². The second-order valence-corrected chi connectivity index (χ2v) is 8.57. The fourth-order valence-electron chi connectivity index (χ4n) is 3.39. The molecule has 156 valence electrons. The number of nitrogens with zero attached hydrogens (tertiary/aromatic N) is 2. The summed E-state index contributed by atoms with van der Waals surface area (Å²) < 4.78 is 5.78. The van der Waals surface area contributed by atoms with Crippen LogP contribution >= 0.6 is 11.3 Å². The number of carbonyl (C=O) groups is 2. The zero-order valence-corrected chi connectivity index (χ0v) is 17.7. The van der Waals surface area contributed by atoms with E-state index in [0.717, 1.165) is 16.1 Å². The van der Waals surface area contributed by atoms with Crippen molar-refractivity contribution in [1.29, 1.82) is 0 Å². The average Bonchev–Trinajstić information content (AvgIpc) is 3.08. The number of rotatable bonds is 7. The maximum atomic E-state index is 12.5. The number of carbonyl (C=O) groups excluding carboxylic acids is 2. The van der Waals surface area contributed by atoms with E-state index in [1.54, 1.807) is 10.4 Å². The Bertz CT molecular complexity index is 850. The molecule has 0 spiro atoms. The van der Waals surface area contributed by atoms with Gasteiger partial charge in [-0.25, -0.2) is 4.98 Å². The van der Waals surface area contributed by atoms with Crippen LogP contribution in [-0.4, -0.2) is 46.1 Å². The van der Waals surface area contributed by atoms with Crippen molar-refractivity contribution in [3.8, 4) is 0 Å². The Kier molecular flexibility index (Phi) is 7.00. The van der Waals surface area contributed by atoms with Crippen LogP contribution in [0.25, 0.3) is 0 Å². The number of thiazole rings is 1. The molecule has 29 heavy (non-hydrogen) atoms. The van der Waals surface area contributed by atoms with Crippen molar-refractivity contribution in [2.75, 3.05) is 18.5 Å². The number of benzene rings is 1. The number of hydrogen-bond donors (Lipinski definition) is 2. The van der Waals surface area contributed by atoms with Crippen LogP contribution in [0.1, 0.15) is 42.5 Å². The summed E-state index contributed by atoms with van der Waals surface area (Å²) in [6.45, 7) is 6.07. The Morgan fingerprint density at radius 2 is 2.10 bits per heavy atom. The Balaban J connectivity index is 1.74. The molecule has 2 aromatic rings. The van der Waals surface area contributed by atoms with Crippen molar-refractivity contribution in [3.05, 3.63) is 45.9 Å². The van der Waals surface area contributed by atoms with Gasteiger partial charge in [0.15, 0.2) is 0 Å². The summed E-state index contributed by atoms with van der Waals surface area (Å²) in [4.78, 5) is 31.3. The van der Waals surface area contributed by atoms with Crippen molar-refractivity contribution < 1.29 is 19.4 Å². The van der Waals surface area contributed by atoms with E-state index in [2.05, 4.69) is 10.3 Å². The number of anilines is 1. The molecule has 2 amide bonds. The molecule has 2 N–H and O–H groups in total. The minimum atomic E-state index is -0.487. The fourth-order valence-corrected chi connectivity index (χ4v) is 4.17. The highest BCUT2D eigenvalue weighted by atomic mass is 32.1. The van der Waals surface area contributed by atoms with Crippen LogP contribution in [0.4, 0.5) is 5.69 Å². The summed E-state index contributed by atoms with van der Waals surface area (Å²) in [7, 11) is 0. The van der Waals surface area contributed by atoms with Gasteiger partial charge in [-0.05, 0) is 30.5 Å². The van der Waals surface area contributed by atoms with Crippen LogP contribution in [0, 0.1) is 12.8 Å². The second-order valence-electron chi connectivity index (χ2n) is 7.63. The molecule has 7 nitrogen and oxygen atoms in total. The lowest BCUT2D eigenvalue weighted by molar-refractivity contribution is -0.161. The number of morpholine rings is 1. The highest BCUT2D eigenvalue weighted by Crippen LogP contribution is 2.31. The summed E-state index contributed by atoms with van der Waals surface area (Å²) in [5.74, 6) is 0.123. The molecule has 1 aliphatic rings. The molecule has 0 bridgehead atoms. The zero-order chi connectivity index (χ0) is 21.0. The minimum absolute atomic E-state index is 0.0217. The van der Waals surface area contributed by atoms with Gasteiger partial charge >= 0.3 is 0 Å². The average molecular weight is 418 g/mol. The van der Waals surface area contributed by atoms with E-state index in [1.165, 1.54) is 11.3 Å². The largest absolute Gasteiger partial charge is 0.394 e. The number of aryl methyl sites for hydroxylation is 1. The van der Waals surface area contributed by atoms with Gasteiger partial charge in [0.2, 0.25) is 11.8 Å². The number of nitrogens with one attached hydrogen (secondary N) is 1. The SMILES string of the molecule is Cc1ncsc1CN1C(=O)CO[C@H](c2ccc(NC(=O)CC(C)C)cc2)[C@H]1CO. The molecular weight excluding hydrogens is 390 g/mol. The molecule has 1 aliphatic heterocycles. The third kappa shape index (κ3) is 5.20. The molecule has 2 atom stereocenters. The lowest BCUT2D eigenvalue weighted by atomic mass is 9.99. The van der Waals surface area contributed by atoms with Gasteiger partial charge in [0, 0.05) is 17.0 Å². The van der Waals surface area contributed by atoms with Gasteiger partial charge in [-0.1, -0.05) is 26.0 Å². The van der Waals surface area contributed by atoms with Crippen LogP contribution in [0.15, 0.2) is 29.8 Å². The van der Waals surface area contributed by atoms with Gasteiger partial charge in [0.25, 0.3) is 0 Å². The standard InChI is InChI=1S/C21H27N3O4S/c1-13(2)8-19(26)23-16-6-4-15(5-7-16)21-17(10-25)24(20(27)11-28-21)9-18-14(3)22-12-29-18/h4-7,12-13,17,21,25H,8-11H2,1-3H3,(H,23,26)/t17-,21-/m1/s1. The maximum Gasteiger partial charge on any atom is 0.249 e. The highest BCUT2D eigenvalue weighted by molar-refractivity contribution is 7.09. The maximum absolute atomic E-state index is 12.5. The van der Waals surface area contributed by atoms with Crippen molar-refractivity contribution in [3.63, 3.8) is 0 Å². The van der Waals surface area contributed by atoms with Crippen molar-refractivity contribution >= 4 is 28.8 Å². The van der Waals surface area contributed by atoms with E-state index in [9.17, 15) is 14.7 Å². The van der Waals surface area contributed by atoms with E-state index in [-0.39, 0.29) is 25.0 Å². The quantitative estimate of drug-likeness (QED) is 0.723. The van der Waals surface area contributed by atoms with E-state index < -0.39 is 12.1 Å². The molecule has 1 aromatic heterocycles. The van der Waals surface area contributed by atoms with Crippen LogP contribution in [-0.2, 0) is 20.9 Å². The molecule has 1 saturated heterocycles. The minimum Gasteiger partial charge on any atom is -0.394 e. The van der Waals surface area contributed by atoms with Crippen LogP contribution in [0.2, 0.25) is 0 Å². The highest BCUT2D eigenvalue weighted by Gasteiger charge is 2.37. The smallest absolute Gasteiger partial charge is 0.249 e. The summed E-state index contributed by atoms with van der Waals surface area (Å²) in [6, 6.07) is 6.88. The molecule has 2 heterocycles. The Morgan fingerprint density at radius 1 is 1.38 bits per heavy atom. The first-order chi connectivity index (χ1) is 13.9. The normalized spacial score (nSPS) is 19.6. The Hall–Kier alpha value is -2.29. The van der Waals surface area contributed by atoms with Crippen LogP contribution in [0.5, 0.6) is 0 Å². The third-order valence-electron chi connectivity index (χ3n) is 4.92. The van der Waals surface area contributed by atoms with Gasteiger partial charge < -0.3 is 20.1 Å². The molecule has 0 saturated carbocycles. The van der Waals surface area contributed by atoms with Gasteiger partial charge in [-0.3, -0.25) is 9.59 Å². The molecule has 0 radical (unpaired) electrons. The first-order valence-corrected chi connectivity index (χ1v) is 10.6. The molecule has 0 unspecified atom stereocenters. The molecule has 8 heteroatoms. The van der Waals surface area contributed by atoms with E-state index >= 15 is 0 Å². The van der Waals surface area contributed by atoms with Crippen LogP contribution < -0.4 is 5.32 Å². The van der Waals surface area contributed by atoms with Crippen molar-refractivity contribution in [2.24, 2.45) is 5.92 Å². The molecule has 1 fully saturated rings. The first-order valence-electron chi connectivity index (χ1n) is 9.69. The van der Waals surface area contributed by atoms with Gasteiger partial charge in [0.05, 0.1) is 30.4 Å². The molecular formula is C21H27N3O4S. The van der Waals surface area contributed by atoms with Crippen molar-refractivity contribution in [2.45, 2.75) is 45.9 Å². The molecule has 3 rings (SSSR count). The molecule has 0 aliphatic carbocycles. The number of aromatic nitrogens is 1. The molecule has 1 aromatic carbocycles. The van der Waals surface area contributed by atoms with Crippen LogP contribution in [0.3, 0.4) is 0 Å². The summed E-state index contributed by atoms with van der Waals surface area (Å²) in [5.41, 5.74) is 4.21. The monoisotopic (exact) mass is 417 g/mol. The summed E-state index contributed by atoms with van der Waals surface area (Å²) in [6.07, 6.45) is 0.0278. The number of aliphatic hydroxyl groups is 1. The topological polar surface area (TPSA) is 91.8 Å². The predicted molar refractivity (Wildman–Crippen MR) is 111 cm³/mol. The Labute approximate surface area is 174 Å². The number of ether oxygens (including phenoxy) is 1. The Morgan fingerprint density at radius 3 is 2.69 bits per heavy atom. The lowest BCUT2D eigenvalue weighted by Gasteiger charge is -2.40.